The fourth-order valence-corrected chi connectivity index (χ4v) is 4.02. The third kappa shape index (κ3) is 9.67. The number of aliphatic hydroxyl groups excluding tert-OH is 1. The van der Waals surface area contributed by atoms with E-state index in [1.54, 1.807) is 6.08 Å². The van der Waals surface area contributed by atoms with Crippen LogP contribution in [-0.4, -0.2) is 23.6 Å². The van der Waals surface area contributed by atoms with E-state index >= 15 is 0 Å². The summed E-state index contributed by atoms with van der Waals surface area (Å²) < 4.78 is 28.0. The number of benzene rings is 1. The largest absolute Gasteiger partial charge is 0 e. The Morgan fingerprint density at radius 2 is 1.78 bits per heavy atom. The molecule has 0 saturated heterocycles. The Hall–Kier alpha value is -1.97. The molecular formula is C25H28FeO6. The van der Waals surface area contributed by atoms with Crippen molar-refractivity contribution in [2.24, 2.45) is 17.3 Å². The summed E-state index contributed by atoms with van der Waals surface area (Å²) in [7, 11) is 0. The van der Waals surface area contributed by atoms with Crippen LogP contribution in [0.15, 0.2) is 54.1 Å². The van der Waals surface area contributed by atoms with Gasteiger partial charge in [-0.1, -0.05) is 56.3 Å². The average molecular weight is 480 g/mol. The predicted octanol–water partition coefficient (Wildman–Crippen LogP) is 3.96. The molecule has 0 heterocycles. The van der Waals surface area contributed by atoms with Gasteiger partial charge in [-0.3, -0.25) is 4.79 Å². The molecule has 1 saturated carbocycles. The molecule has 1 fully saturated rings. The van der Waals surface area contributed by atoms with Crippen molar-refractivity contribution in [2.45, 2.75) is 45.8 Å². The van der Waals surface area contributed by atoms with Gasteiger partial charge in [0.15, 0.2) is 5.78 Å². The Balaban J connectivity index is 0. The first-order valence-electron chi connectivity index (χ1n) is 9.78. The van der Waals surface area contributed by atoms with Gasteiger partial charge >= 0.3 is 33.9 Å². The summed E-state index contributed by atoms with van der Waals surface area (Å²) in [6.07, 6.45) is 7.57. The smallest absolute Gasteiger partial charge is 0 e. The number of fused-ring (bicyclic) bond motifs is 1. The third-order valence-corrected chi connectivity index (χ3v) is 5.83. The van der Waals surface area contributed by atoms with E-state index in [1.165, 1.54) is 12.0 Å². The third-order valence-electron chi connectivity index (χ3n) is 5.83. The Bertz CT molecular complexity index is 777. The van der Waals surface area contributed by atoms with Crippen molar-refractivity contribution in [3.8, 4) is 0 Å². The fourth-order valence-electron chi connectivity index (χ4n) is 4.02. The van der Waals surface area contributed by atoms with Gasteiger partial charge in [-0.2, -0.15) is 0 Å². The second kappa shape index (κ2) is 17.6. The molecule has 1 aromatic rings. The number of hydrogen-bond donors (Lipinski definition) is 1. The van der Waals surface area contributed by atoms with Crippen molar-refractivity contribution in [1.29, 1.82) is 0 Å². The molecule has 1 aromatic carbocycles. The Morgan fingerprint density at radius 1 is 1.19 bits per heavy atom. The number of hydrogen-bond acceptors (Lipinski definition) is 3. The Labute approximate surface area is 200 Å². The van der Waals surface area contributed by atoms with Crippen LogP contribution in [0.25, 0.3) is 0 Å². The number of carbonyl (C=O) groups is 1. The molecule has 0 radical (unpaired) electrons. The fraction of sp³-hybridized carbons (Fsp3) is 0.440. The van der Waals surface area contributed by atoms with E-state index in [0.717, 1.165) is 17.9 Å². The molecule has 0 amide bonds. The summed E-state index contributed by atoms with van der Waals surface area (Å²) in [5.41, 5.74) is 2.71. The molecule has 3 aliphatic rings. The number of allylic oxidation sites excluding steroid dienone is 4. The average Bonchev–Trinajstić information content (AvgIpc) is 2.82. The number of carbonyl (C=O) groups excluding carboxylic acids is 1. The quantitative estimate of drug-likeness (QED) is 0.264. The minimum atomic E-state index is -0.759. The molecule has 3 aliphatic carbocycles. The van der Waals surface area contributed by atoms with Crippen LogP contribution in [0.1, 0.15) is 38.7 Å². The van der Waals surface area contributed by atoms with E-state index in [9.17, 15) is 9.90 Å². The van der Waals surface area contributed by atoms with Gasteiger partial charge in [0.05, 0.1) is 19.3 Å². The maximum atomic E-state index is 12.1. The van der Waals surface area contributed by atoms with Crippen molar-refractivity contribution in [3.05, 3.63) is 79.6 Å². The summed E-state index contributed by atoms with van der Waals surface area (Å²) in [6.45, 7) is 18.8. The van der Waals surface area contributed by atoms with Crippen LogP contribution in [0.3, 0.4) is 0 Å². The van der Waals surface area contributed by atoms with Gasteiger partial charge in [-0.05, 0) is 47.3 Å². The van der Waals surface area contributed by atoms with Crippen molar-refractivity contribution in [2.75, 3.05) is 6.61 Å². The maximum Gasteiger partial charge on any atom is 0 e. The van der Waals surface area contributed by atoms with E-state index in [-0.39, 0.29) is 35.9 Å². The second-order valence-corrected chi connectivity index (χ2v) is 7.90. The Morgan fingerprint density at radius 3 is 2.31 bits per heavy atom. The van der Waals surface area contributed by atoms with Gasteiger partial charge < -0.3 is 9.84 Å². The summed E-state index contributed by atoms with van der Waals surface area (Å²) in [5, 5.41) is 9.98. The molecule has 32 heavy (non-hydrogen) atoms. The van der Waals surface area contributed by atoms with Crippen LogP contribution in [0.5, 0.6) is 0 Å². The minimum Gasteiger partial charge on any atom is 0 e. The topological polar surface area (TPSA) is 106 Å². The molecule has 7 heteroatoms. The molecule has 0 aliphatic heterocycles. The van der Waals surface area contributed by atoms with Crippen LogP contribution >= 0.6 is 0 Å². The first-order chi connectivity index (χ1) is 15.0. The second-order valence-electron chi connectivity index (χ2n) is 7.90. The van der Waals surface area contributed by atoms with E-state index < -0.39 is 6.10 Å². The van der Waals surface area contributed by atoms with Gasteiger partial charge in [0.1, 0.15) is 0 Å². The Kier molecular flexibility index (Phi) is 17.7. The maximum absolute atomic E-state index is 12.1. The van der Waals surface area contributed by atoms with Gasteiger partial charge in [0.2, 0.25) is 0 Å². The zero-order valence-corrected chi connectivity index (χ0v) is 19.3. The molecule has 172 valence electrons. The SMILES string of the molecule is CC1(C)[C@H]2CC=C(/C=C/C(=O)C[C@@H](O)COCc3ccccc3)[C@@H]1C2.[C-]#[O+].[C-]#[O+].[C-]#[O+].[Fe]. The van der Waals surface area contributed by atoms with Crippen molar-refractivity contribution in [1.82, 2.24) is 0 Å². The number of aliphatic hydroxyl groups is 1. The van der Waals surface area contributed by atoms with Crippen LogP contribution in [-0.2, 0) is 47.2 Å². The molecule has 4 rings (SSSR count). The van der Waals surface area contributed by atoms with Gasteiger partial charge in [-0.15, -0.1) is 0 Å². The summed E-state index contributed by atoms with van der Waals surface area (Å²) in [6, 6.07) is 9.81. The summed E-state index contributed by atoms with van der Waals surface area (Å²) >= 11 is 0. The first kappa shape index (κ1) is 32.2. The number of ether oxygens (including phenoxy) is 1. The molecule has 2 bridgehead atoms. The zero-order chi connectivity index (χ0) is 23.9. The summed E-state index contributed by atoms with van der Waals surface area (Å²) in [5.74, 6) is 1.33. The molecule has 6 nitrogen and oxygen atoms in total. The van der Waals surface area contributed by atoms with Crippen LogP contribution in [0.2, 0.25) is 0 Å². The van der Waals surface area contributed by atoms with Crippen molar-refractivity contribution < 1.29 is 45.7 Å². The minimum absolute atomic E-state index is 0. The van der Waals surface area contributed by atoms with Crippen molar-refractivity contribution in [3.63, 3.8) is 0 Å². The van der Waals surface area contributed by atoms with Crippen LogP contribution in [0.4, 0.5) is 0 Å². The summed E-state index contributed by atoms with van der Waals surface area (Å²) in [4.78, 5) is 12.1. The molecule has 1 N–H and O–H groups in total. The molecule has 0 aromatic heterocycles. The number of rotatable bonds is 8. The normalized spacial score (nSPS) is 20.0. The van der Waals surface area contributed by atoms with Gasteiger partial charge in [0.25, 0.3) is 0 Å². The van der Waals surface area contributed by atoms with Gasteiger partial charge in [-0.25, -0.2) is 0 Å². The number of ketones is 1. The van der Waals surface area contributed by atoms with E-state index in [0.29, 0.717) is 17.9 Å². The standard InChI is InChI=1S/C22H28O3.3CO.Fe/c1-22(2)18-10-8-17(21(22)12-18)9-11-19(23)13-20(24)15-25-14-16-6-4-3-5-7-16;3*1-2;/h3-9,11,18,20-21,24H,10,12-15H2,1-2H3;;;;/b11-9+;;;;/t18-,20+,21-;;;;/m0..../s1. The van der Waals surface area contributed by atoms with E-state index in [2.05, 4.69) is 39.9 Å². The van der Waals surface area contributed by atoms with Gasteiger partial charge in [0, 0.05) is 23.5 Å². The van der Waals surface area contributed by atoms with E-state index in [4.69, 9.17) is 18.7 Å². The van der Waals surface area contributed by atoms with Crippen LogP contribution in [0, 0.1) is 37.2 Å². The molecule has 3 atom stereocenters. The van der Waals surface area contributed by atoms with Crippen molar-refractivity contribution >= 4 is 5.78 Å². The first-order valence-corrected chi connectivity index (χ1v) is 9.78. The van der Waals surface area contributed by atoms with E-state index in [1.807, 2.05) is 36.4 Å². The predicted molar refractivity (Wildman–Crippen MR) is 111 cm³/mol. The van der Waals surface area contributed by atoms with Crippen LogP contribution < -0.4 is 0 Å². The molecular weight excluding hydrogens is 452 g/mol. The molecule has 0 spiro atoms. The molecule has 0 unspecified atom stereocenters. The zero-order valence-electron chi connectivity index (χ0n) is 18.2. The monoisotopic (exact) mass is 480 g/mol.